The molecule has 1 aromatic carbocycles. The molecule has 2 N–H and O–H groups in total. The molecule has 0 spiro atoms. The molecule has 1 fully saturated rings. The van der Waals surface area contributed by atoms with Crippen LogP contribution in [0.25, 0.3) is 6.08 Å². The second-order valence-corrected chi connectivity index (χ2v) is 4.57. The van der Waals surface area contributed by atoms with E-state index in [9.17, 15) is 9.59 Å². The highest BCUT2D eigenvalue weighted by molar-refractivity contribution is 5.90. The molecule has 0 saturated heterocycles. The number of hydrogen-bond acceptors (Lipinski definition) is 2. The Morgan fingerprint density at radius 3 is 2.47 bits per heavy atom. The normalized spacial score (nSPS) is 14.4. The lowest BCUT2D eigenvalue weighted by atomic mass is 10.2. The van der Waals surface area contributed by atoms with E-state index in [1.54, 1.807) is 36.2 Å². The number of aliphatic carboxylic acids is 1. The molecule has 0 unspecified atom stereocenters. The molecule has 0 atom stereocenters. The molecule has 2 amide bonds. The Labute approximate surface area is 111 Å². The van der Waals surface area contributed by atoms with Gasteiger partial charge in [0.05, 0.1) is 0 Å². The maximum Gasteiger partial charge on any atom is 0.328 e. The second kappa shape index (κ2) is 5.56. The smallest absolute Gasteiger partial charge is 0.328 e. The standard InChI is InChI=1S/C14H16N2O3/c1-16(12-7-8-12)14(19)15-11-5-2-10(3-6-11)4-9-13(17)18/h2-6,9,12H,7-8H2,1H3,(H,15,19)(H,17,18). The summed E-state index contributed by atoms with van der Waals surface area (Å²) in [5.74, 6) is -0.983. The van der Waals surface area contributed by atoms with Crippen molar-refractivity contribution in [3.63, 3.8) is 0 Å². The van der Waals surface area contributed by atoms with Crippen molar-refractivity contribution in [3.05, 3.63) is 35.9 Å². The summed E-state index contributed by atoms with van der Waals surface area (Å²) in [5.41, 5.74) is 1.47. The Kier molecular flexibility index (Phi) is 3.85. The van der Waals surface area contributed by atoms with E-state index >= 15 is 0 Å². The van der Waals surface area contributed by atoms with Crippen molar-refractivity contribution in [2.75, 3.05) is 12.4 Å². The molecular formula is C14H16N2O3. The summed E-state index contributed by atoms with van der Waals surface area (Å²) in [6, 6.07) is 7.27. The Balaban J connectivity index is 1.94. The van der Waals surface area contributed by atoms with Gasteiger partial charge in [-0.25, -0.2) is 9.59 Å². The molecule has 1 aromatic rings. The highest BCUT2D eigenvalue weighted by atomic mass is 16.4. The molecule has 100 valence electrons. The van der Waals surface area contributed by atoms with Gasteiger partial charge in [0.25, 0.3) is 0 Å². The van der Waals surface area contributed by atoms with Crippen molar-refractivity contribution >= 4 is 23.8 Å². The minimum Gasteiger partial charge on any atom is -0.478 e. The molecule has 0 heterocycles. The van der Waals surface area contributed by atoms with E-state index in [2.05, 4.69) is 5.32 Å². The molecule has 0 aromatic heterocycles. The number of amides is 2. The molecule has 0 aliphatic heterocycles. The van der Waals surface area contributed by atoms with Crippen molar-refractivity contribution in [1.29, 1.82) is 0 Å². The number of carbonyl (C=O) groups excluding carboxylic acids is 1. The van der Waals surface area contributed by atoms with Gasteiger partial charge in [0, 0.05) is 24.9 Å². The van der Waals surface area contributed by atoms with E-state index in [1.807, 2.05) is 0 Å². The maximum atomic E-state index is 11.8. The van der Waals surface area contributed by atoms with Crippen LogP contribution in [-0.4, -0.2) is 35.1 Å². The fourth-order valence-corrected chi connectivity index (χ4v) is 1.68. The van der Waals surface area contributed by atoms with E-state index in [1.165, 1.54) is 6.08 Å². The zero-order valence-electron chi connectivity index (χ0n) is 10.7. The Bertz CT molecular complexity index is 504. The van der Waals surface area contributed by atoms with Gasteiger partial charge in [-0.2, -0.15) is 0 Å². The number of carboxylic acids is 1. The van der Waals surface area contributed by atoms with E-state index < -0.39 is 5.97 Å². The van der Waals surface area contributed by atoms with Gasteiger partial charge >= 0.3 is 12.0 Å². The fraction of sp³-hybridized carbons (Fsp3) is 0.286. The van der Waals surface area contributed by atoms with Crippen molar-refractivity contribution in [2.45, 2.75) is 18.9 Å². The molecule has 0 radical (unpaired) electrons. The minimum atomic E-state index is -0.983. The largest absolute Gasteiger partial charge is 0.478 e. The van der Waals surface area contributed by atoms with E-state index in [4.69, 9.17) is 5.11 Å². The maximum absolute atomic E-state index is 11.8. The lowest BCUT2D eigenvalue weighted by Gasteiger charge is -2.17. The number of urea groups is 1. The quantitative estimate of drug-likeness (QED) is 0.817. The topological polar surface area (TPSA) is 69.6 Å². The Morgan fingerprint density at radius 1 is 1.32 bits per heavy atom. The van der Waals surface area contributed by atoms with Crippen molar-refractivity contribution in [1.82, 2.24) is 4.90 Å². The summed E-state index contributed by atoms with van der Waals surface area (Å²) in [5, 5.41) is 11.3. The van der Waals surface area contributed by atoms with Gasteiger partial charge in [0.15, 0.2) is 0 Å². The predicted molar refractivity (Wildman–Crippen MR) is 72.9 cm³/mol. The average molecular weight is 260 g/mol. The van der Waals surface area contributed by atoms with Gasteiger partial charge in [-0.1, -0.05) is 12.1 Å². The van der Waals surface area contributed by atoms with Crippen LogP contribution in [0.15, 0.2) is 30.3 Å². The van der Waals surface area contributed by atoms with Gasteiger partial charge in [0.1, 0.15) is 0 Å². The van der Waals surface area contributed by atoms with E-state index in [0.29, 0.717) is 11.7 Å². The summed E-state index contributed by atoms with van der Waals surface area (Å²) >= 11 is 0. The second-order valence-electron chi connectivity index (χ2n) is 4.57. The zero-order chi connectivity index (χ0) is 13.8. The first-order chi connectivity index (χ1) is 9.06. The summed E-state index contributed by atoms with van der Waals surface area (Å²) in [6.07, 6.45) is 4.73. The van der Waals surface area contributed by atoms with Gasteiger partial charge in [-0.3, -0.25) is 0 Å². The first kappa shape index (κ1) is 13.1. The Morgan fingerprint density at radius 2 is 1.95 bits per heavy atom. The molecule has 5 nitrogen and oxygen atoms in total. The van der Waals surface area contributed by atoms with Crippen LogP contribution in [-0.2, 0) is 4.79 Å². The van der Waals surface area contributed by atoms with E-state index in [0.717, 1.165) is 24.5 Å². The van der Waals surface area contributed by atoms with E-state index in [-0.39, 0.29) is 6.03 Å². The third-order valence-corrected chi connectivity index (χ3v) is 3.00. The third kappa shape index (κ3) is 3.84. The number of nitrogens with zero attached hydrogens (tertiary/aromatic N) is 1. The lowest BCUT2D eigenvalue weighted by Crippen LogP contribution is -2.32. The van der Waals surface area contributed by atoms with Crippen LogP contribution in [0.2, 0.25) is 0 Å². The van der Waals surface area contributed by atoms with Crippen molar-refractivity contribution in [2.24, 2.45) is 0 Å². The number of anilines is 1. The van der Waals surface area contributed by atoms with Crippen LogP contribution in [0.5, 0.6) is 0 Å². The monoisotopic (exact) mass is 260 g/mol. The van der Waals surface area contributed by atoms with Crippen LogP contribution >= 0.6 is 0 Å². The summed E-state index contributed by atoms with van der Waals surface area (Å²) < 4.78 is 0. The van der Waals surface area contributed by atoms with Crippen LogP contribution in [0.3, 0.4) is 0 Å². The third-order valence-electron chi connectivity index (χ3n) is 3.00. The Hall–Kier alpha value is -2.30. The fourth-order valence-electron chi connectivity index (χ4n) is 1.68. The van der Waals surface area contributed by atoms with Gasteiger partial charge < -0.3 is 15.3 Å². The molecule has 1 aliphatic rings. The number of hydrogen-bond donors (Lipinski definition) is 2. The van der Waals surface area contributed by atoms with Gasteiger partial charge in [-0.05, 0) is 36.6 Å². The first-order valence-electron chi connectivity index (χ1n) is 6.11. The van der Waals surface area contributed by atoms with Gasteiger partial charge in [-0.15, -0.1) is 0 Å². The number of carbonyl (C=O) groups is 2. The average Bonchev–Trinajstić information content (AvgIpc) is 3.21. The van der Waals surface area contributed by atoms with Crippen LogP contribution in [0.1, 0.15) is 18.4 Å². The number of benzene rings is 1. The van der Waals surface area contributed by atoms with Crippen LogP contribution in [0, 0.1) is 0 Å². The van der Waals surface area contributed by atoms with Crippen LogP contribution < -0.4 is 5.32 Å². The SMILES string of the molecule is CN(C(=O)Nc1ccc(C=CC(=O)O)cc1)C1CC1. The molecule has 1 aliphatic carbocycles. The number of nitrogens with one attached hydrogen (secondary N) is 1. The van der Waals surface area contributed by atoms with Crippen LogP contribution in [0.4, 0.5) is 10.5 Å². The first-order valence-corrected chi connectivity index (χ1v) is 6.11. The van der Waals surface area contributed by atoms with Gasteiger partial charge in [0.2, 0.25) is 0 Å². The predicted octanol–water partition coefficient (Wildman–Crippen LogP) is 2.41. The minimum absolute atomic E-state index is 0.115. The zero-order valence-corrected chi connectivity index (χ0v) is 10.7. The molecule has 19 heavy (non-hydrogen) atoms. The summed E-state index contributed by atoms with van der Waals surface area (Å²) in [6.45, 7) is 0. The highest BCUT2D eigenvalue weighted by Gasteiger charge is 2.29. The molecule has 1 saturated carbocycles. The highest BCUT2D eigenvalue weighted by Crippen LogP contribution is 2.25. The van der Waals surface area contributed by atoms with Crippen molar-refractivity contribution in [3.8, 4) is 0 Å². The molecular weight excluding hydrogens is 244 g/mol. The summed E-state index contributed by atoms with van der Waals surface area (Å²) in [4.78, 5) is 23.9. The molecule has 0 bridgehead atoms. The molecule has 5 heteroatoms. The number of carboxylic acid groups (broad SMARTS) is 1. The molecule has 2 rings (SSSR count). The number of rotatable bonds is 4. The summed E-state index contributed by atoms with van der Waals surface area (Å²) in [7, 11) is 1.79. The van der Waals surface area contributed by atoms with Crippen molar-refractivity contribution < 1.29 is 14.7 Å². The lowest BCUT2D eigenvalue weighted by molar-refractivity contribution is -0.131.